The van der Waals surface area contributed by atoms with Crippen LogP contribution in [0.25, 0.3) is 0 Å². The van der Waals surface area contributed by atoms with E-state index in [2.05, 4.69) is 4.72 Å². The zero-order valence-corrected chi connectivity index (χ0v) is 14.1. The van der Waals surface area contributed by atoms with Crippen LogP contribution in [-0.4, -0.2) is 29.1 Å². The zero-order valence-electron chi connectivity index (χ0n) is 12.5. The Morgan fingerprint density at radius 3 is 2.17 bits per heavy atom. The number of rotatable bonds is 4. The topological polar surface area (TPSA) is 83.6 Å². The summed E-state index contributed by atoms with van der Waals surface area (Å²) in [6.07, 6.45) is 0.571. The van der Waals surface area contributed by atoms with E-state index in [9.17, 15) is 21.2 Å². The molecule has 1 aliphatic rings. The van der Waals surface area contributed by atoms with Gasteiger partial charge in [0.2, 0.25) is 10.0 Å². The molecule has 0 unspecified atom stereocenters. The molecular formula is C15H15FN2O4S2. The Labute approximate surface area is 140 Å². The van der Waals surface area contributed by atoms with Crippen molar-refractivity contribution in [2.45, 2.75) is 11.3 Å². The zero-order chi connectivity index (χ0) is 17.4. The van der Waals surface area contributed by atoms with Gasteiger partial charge in [0.1, 0.15) is 5.82 Å². The molecule has 3 rings (SSSR count). The average molecular weight is 370 g/mol. The van der Waals surface area contributed by atoms with Crippen LogP contribution in [0.1, 0.15) is 6.42 Å². The Morgan fingerprint density at radius 2 is 1.62 bits per heavy atom. The highest BCUT2D eigenvalue weighted by molar-refractivity contribution is 7.93. The first-order valence-electron chi connectivity index (χ1n) is 7.17. The summed E-state index contributed by atoms with van der Waals surface area (Å²) in [5, 5.41) is 0. The van der Waals surface area contributed by atoms with Crippen molar-refractivity contribution in [2.75, 3.05) is 21.3 Å². The fourth-order valence-corrected chi connectivity index (χ4v) is 5.08. The summed E-state index contributed by atoms with van der Waals surface area (Å²) in [4.78, 5) is -0.0601. The molecule has 1 saturated heterocycles. The maximum absolute atomic E-state index is 12.9. The number of sulfonamides is 2. The van der Waals surface area contributed by atoms with Gasteiger partial charge >= 0.3 is 0 Å². The lowest BCUT2D eigenvalue weighted by Gasteiger charge is -2.17. The van der Waals surface area contributed by atoms with Crippen LogP contribution in [0.15, 0.2) is 53.4 Å². The Bertz CT molecular complexity index is 940. The Kier molecular flexibility index (Phi) is 4.22. The van der Waals surface area contributed by atoms with Crippen LogP contribution in [0, 0.1) is 5.82 Å². The molecule has 0 saturated carbocycles. The number of nitrogens with zero attached hydrogens (tertiary/aromatic N) is 1. The van der Waals surface area contributed by atoms with E-state index >= 15 is 0 Å². The van der Waals surface area contributed by atoms with Crippen molar-refractivity contribution in [2.24, 2.45) is 0 Å². The molecule has 9 heteroatoms. The van der Waals surface area contributed by atoms with Crippen LogP contribution in [0.2, 0.25) is 0 Å². The van der Waals surface area contributed by atoms with Crippen molar-refractivity contribution >= 4 is 31.4 Å². The summed E-state index contributed by atoms with van der Waals surface area (Å²) < 4.78 is 64.8. The molecule has 0 amide bonds. The number of benzene rings is 2. The largest absolute Gasteiger partial charge is 0.280 e. The van der Waals surface area contributed by atoms with Gasteiger partial charge in [-0.2, -0.15) is 0 Å². The van der Waals surface area contributed by atoms with Crippen LogP contribution >= 0.6 is 0 Å². The first-order chi connectivity index (χ1) is 11.3. The van der Waals surface area contributed by atoms with Gasteiger partial charge in [-0.15, -0.1) is 0 Å². The first-order valence-corrected chi connectivity index (χ1v) is 10.3. The van der Waals surface area contributed by atoms with Gasteiger partial charge in [-0.3, -0.25) is 9.03 Å². The predicted molar refractivity (Wildman–Crippen MR) is 89.4 cm³/mol. The van der Waals surface area contributed by atoms with Gasteiger partial charge in [0.15, 0.2) is 0 Å². The minimum Gasteiger partial charge on any atom is -0.280 e. The van der Waals surface area contributed by atoms with Crippen LogP contribution < -0.4 is 9.03 Å². The Balaban J connectivity index is 1.80. The highest BCUT2D eigenvalue weighted by Crippen LogP contribution is 2.26. The third-order valence-corrected chi connectivity index (χ3v) is 6.90. The van der Waals surface area contributed by atoms with Gasteiger partial charge in [-0.1, -0.05) is 0 Å². The van der Waals surface area contributed by atoms with Crippen molar-refractivity contribution in [1.29, 1.82) is 0 Å². The molecule has 1 heterocycles. The second kappa shape index (κ2) is 6.06. The summed E-state index contributed by atoms with van der Waals surface area (Å²) in [7, 11) is -7.11. The third kappa shape index (κ3) is 3.36. The number of halogens is 1. The third-order valence-electron chi connectivity index (χ3n) is 3.63. The minimum atomic E-state index is -3.83. The normalized spacial score (nSPS) is 17.0. The predicted octanol–water partition coefficient (Wildman–Crippen LogP) is 2.17. The average Bonchev–Trinajstić information content (AvgIpc) is 2.87. The van der Waals surface area contributed by atoms with Gasteiger partial charge < -0.3 is 0 Å². The Hall–Kier alpha value is -2.13. The second-order valence-corrected chi connectivity index (χ2v) is 9.04. The molecule has 0 bridgehead atoms. The van der Waals surface area contributed by atoms with E-state index in [1.165, 1.54) is 28.6 Å². The van der Waals surface area contributed by atoms with Crippen LogP contribution in [0.3, 0.4) is 0 Å². The number of hydrogen-bond acceptors (Lipinski definition) is 4. The number of hydrogen-bond donors (Lipinski definition) is 1. The lowest BCUT2D eigenvalue weighted by Crippen LogP contribution is -2.25. The van der Waals surface area contributed by atoms with Crippen molar-refractivity contribution in [3.05, 3.63) is 54.3 Å². The maximum atomic E-state index is 12.9. The lowest BCUT2D eigenvalue weighted by molar-refractivity contribution is 0.597. The summed E-state index contributed by atoms with van der Waals surface area (Å²) in [5.41, 5.74) is 0.789. The van der Waals surface area contributed by atoms with Crippen LogP contribution in [0.5, 0.6) is 0 Å². The molecule has 0 spiro atoms. The monoisotopic (exact) mass is 370 g/mol. The summed E-state index contributed by atoms with van der Waals surface area (Å²) in [6, 6.07) is 10.5. The van der Waals surface area contributed by atoms with Gasteiger partial charge in [0, 0.05) is 12.2 Å². The molecule has 2 aromatic carbocycles. The molecule has 24 heavy (non-hydrogen) atoms. The van der Waals surface area contributed by atoms with Gasteiger partial charge in [-0.05, 0) is 55.0 Å². The summed E-state index contributed by atoms with van der Waals surface area (Å²) in [6.45, 7) is 0.420. The highest BCUT2D eigenvalue weighted by Gasteiger charge is 2.28. The van der Waals surface area contributed by atoms with Crippen molar-refractivity contribution in [1.82, 2.24) is 0 Å². The standard InChI is InChI=1S/C15H15FN2O4S2/c16-12-2-8-15(9-3-12)24(21,22)17-13-4-6-14(7-5-13)18-10-1-11-23(18,19)20/h2-9,17H,1,10-11H2. The van der Waals surface area contributed by atoms with E-state index in [-0.39, 0.29) is 10.6 Å². The molecule has 1 N–H and O–H groups in total. The van der Waals surface area contributed by atoms with Gasteiger partial charge in [0.25, 0.3) is 10.0 Å². The first kappa shape index (κ1) is 16.7. The molecule has 0 aromatic heterocycles. The SMILES string of the molecule is O=S(=O)(Nc1ccc(N2CCCS2(=O)=O)cc1)c1ccc(F)cc1. The van der Waals surface area contributed by atoms with Crippen LogP contribution in [-0.2, 0) is 20.0 Å². The van der Waals surface area contributed by atoms with E-state index in [0.717, 1.165) is 12.1 Å². The Morgan fingerprint density at radius 1 is 1.00 bits per heavy atom. The molecule has 128 valence electrons. The van der Waals surface area contributed by atoms with Crippen molar-refractivity contribution in [3.8, 4) is 0 Å². The summed E-state index contributed by atoms with van der Waals surface area (Å²) in [5.74, 6) is -0.406. The number of anilines is 2. The molecule has 6 nitrogen and oxygen atoms in total. The quantitative estimate of drug-likeness (QED) is 0.894. The van der Waals surface area contributed by atoms with E-state index in [0.29, 0.717) is 24.3 Å². The second-order valence-electron chi connectivity index (χ2n) is 5.35. The fourth-order valence-electron chi connectivity index (χ4n) is 2.45. The smallest absolute Gasteiger partial charge is 0.261 e. The molecule has 0 radical (unpaired) electrons. The van der Waals surface area contributed by atoms with Gasteiger partial charge in [0.05, 0.1) is 16.3 Å². The van der Waals surface area contributed by atoms with Crippen LogP contribution in [0.4, 0.5) is 15.8 Å². The number of nitrogens with one attached hydrogen (secondary N) is 1. The van der Waals surface area contributed by atoms with E-state index < -0.39 is 25.9 Å². The van der Waals surface area contributed by atoms with E-state index in [4.69, 9.17) is 0 Å². The highest BCUT2D eigenvalue weighted by atomic mass is 32.2. The molecule has 1 fully saturated rings. The molecule has 1 aliphatic heterocycles. The van der Waals surface area contributed by atoms with Gasteiger partial charge in [-0.25, -0.2) is 21.2 Å². The lowest BCUT2D eigenvalue weighted by atomic mass is 10.3. The summed E-state index contributed by atoms with van der Waals surface area (Å²) >= 11 is 0. The molecular weight excluding hydrogens is 355 g/mol. The van der Waals surface area contributed by atoms with Crippen molar-refractivity contribution in [3.63, 3.8) is 0 Å². The van der Waals surface area contributed by atoms with E-state index in [1.54, 1.807) is 12.1 Å². The molecule has 0 atom stereocenters. The maximum Gasteiger partial charge on any atom is 0.261 e. The fraction of sp³-hybridized carbons (Fsp3) is 0.200. The molecule has 0 aliphatic carbocycles. The van der Waals surface area contributed by atoms with Crippen molar-refractivity contribution < 1.29 is 21.2 Å². The molecule has 2 aromatic rings. The minimum absolute atomic E-state index is 0.0601. The van der Waals surface area contributed by atoms with E-state index in [1.807, 2.05) is 0 Å².